The highest BCUT2D eigenvalue weighted by atomic mass is 32.2. The standard InChI is InChI=1S/C23H25N5O2S/c1-29-15-16-10-13-27(14-16)21-22(26-12-11-25-21)30-18-8-6-17(7-9-18)28-19-4-2-3-5-20(19)31-23(28)24/h2-9,11-12,16,23H,10,13-15,24H2,1H3. The summed E-state index contributed by atoms with van der Waals surface area (Å²) in [4.78, 5) is 14.5. The predicted octanol–water partition coefficient (Wildman–Crippen LogP) is 4.23. The molecule has 2 aliphatic heterocycles. The van der Waals surface area contributed by atoms with E-state index < -0.39 is 0 Å². The topological polar surface area (TPSA) is 76.7 Å². The molecular formula is C23H25N5O2S. The maximum atomic E-state index is 6.37. The Morgan fingerprint density at radius 3 is 2.74 bits per heavy atom. The smallest absolute Gasteiger partial charge is 0.263 e. The number of nitrogens with zero attached hydrogens (tertiary/aromatic N) is 4. The Bertz CT molecular complexity index is 1050. The minimum absolute atomic E-state index is 0.147. The lowest BCUT2D eigenvalue weighted by Crippen LogP contribution is -2.31. The molecule has 1 aromatic heterocycles. The van der Waals surface area contributed by atoms with Crippen LogP contribution in [0.2, 0.25) is 0 Å². The monoisotopic (exact) mass is 435 g/mol. The Labute approximate surface area is 186 Å². The summed E-state index contributed by atoms with van der Waals surface area (Å²) in [5, 5.41) is 0. The van der Waals surface area contributed by atoms with Gasteiger partial charge >= 0.3 is 0 Å². The highest BCUT2D eigenvalue weighted by Gasteiger charge is 2.29. The number of rotatable bonds is 6. The van der Waals surface area contributed by atoms with Gasteiger partial charge in [-0.25, -0.2) is 9.97 Å². The molecule has 0 amide bonds. The Balaban J connectivity index is 1.33. The van der Waals surface area contributed by atoms with Crippen molar-refractivity contribution < 1.29 is 9.47 Å². The van der Waals surface area contributed by atoms with Crippen molar-refractivity contribution in [1.29, 1.82) is 0 Å². The number of ether oxygens (including phenoxy) is 2. The molecule has 160 valence electrons. The van der Waals surface area contributed by atoms with Gasteiger partial charge in [0.15, 0.2) is 5.82 Å². The lowest BCUT2D eigenvalue weighted by molar-refractivity contribution is 0.161. The molecule has 2 aromatic carbocycles. The van der Waals surface area contributed by atoms with Crippen molar-refractivity contribution in [2.45, 2.75) is 16.8 Å². The molecule has 7 nitrogen and oxygen atoms in total. The third-order valence-corrected chi connectivity index (χ3v) is 6.64. The van der Waals surface area contributed by atoms with E-state index in [1.807, 2.05) is 36.4 Å². The van der Waals surface area contributed by atoms with E-state index in [-0.39, 0.29) is 5.50 Å². The number of aromatic nitrogens is 2. The first kappa shape index (κ1) is 20.1. The van der Waals surface area contributed by atoms with Gasteiger partial charge in [-0.1, -0.05) is 23.9 Å². The van der Waals surface area contributed by atoms with Gasteiger partial charge in [0.25, 0.3) is 5.88 Å². The van der Waals surface area contributed by atoms with E-state index in [1.54, 1.807) is 31.3 Å². The molecule has 3 heterocycles. The molecule has 0 aliphatic carbocycles. The van der Waals surface area contributed by atoms with Gasteiger partial charge in [0.2, 0.25) is 0 Å². The lowest BCUT2D eigenvalue weighted by atomic mass is 10.1. The predicted molar refractivity (Wildman–Crippen MR) is 123 cm³/mol. The van der Waals surface area contributed by atoms with Gasteiger partial charge in [0.1, 0.15) is 11.2 Å². The number of benzene rings is 2. The maximum absolute atomic E-state index is 6.37. The summed E-state index contributed by atoms with van der Waals surface area (Å²) in [6.07, 6.45) is 4.44. The van der Waals surface area contributed by atoms with Crippen LogP contribution in [0.15, 0.2) is 65.8 Å². The third kappa shape index (κ3) is 4.06. The van der Waals surface area contributed by atoms with Crippen LogP contribution >= 0.6 is 11.8 Å². The van der Waals surface area contributed by atoms with Crippen LogP contribution in [0.1, 0.15) is 6.42 Å². The fourth-order valence-electron chi connectivity index (χ4n) is 4.15. The largest absolute Gasteiger partial charge is 0.436 e. The zero-order valence-electron chi connectivity index (χ0n) is 17.3. The van der Waals surface area contributed by atoms with Crippen LogP contribution in [-0.2, 0) is 4.74 Å². The fourth-order valence-corrected chi connectivity index (χ4v) is 5.20. The SMILES string of the molecule is COCC1CCN(c2nccnc2Oc2ccc(N3c4ccccc4SC3N)cc2)C1. The van der Waals surface area contributed by atoms with E-state index in [1.165, 1.54) is 4.90 Å². The summed E-state index contributed by atoms with van der Waals surface area (Å²) >= 11 is 1.66. The molecule has 0 spiro atoms. The second-order valence-electron chi connectivity index (χ2n) is 7.68. The quantitative estimate of drug-likeness (QED) is 0.617. The molecule has 2 aliphatic rings. The van der Waals surface area contributed by atoms with Crippen molar-refractivity contribution >= 4 is 29.0 Å². The van der Waals surface area contributed by atoms with Crippen molar-refractivity contribution in [3.63, 3.8) is 0 Å². The van der Waals surface area contributed by atoms with E-state index in [0.717, 1.165) is 43.3 Å². The van der Waals surface area contributed by atoms with Gasteiger partial charge in [0, 0.05) is 49.1 Å². The molecule has 0 bridgehead atoms. The van der Waals surface area contributed by atoms with Gasteiger partial charge in [-0.2, -0.15) is 0 Å². The molecule has 5 rings (SSSR count). The van der Waals surface area contributed by atoms with Crippen LogP contribution < -0.4 is 20.3 Å². The van der Waals surface area contributed by atoms with Crippen LogP contribution in [0.25, 0.3) is 0 Å². The normalized spacial score (nSPS) is 20.2. The van der Waals surface area contributed by atoms with E-state index in [9.17, 15) is 0 Å². The Hall–Kier alpha value is -2.81. The van der Waals surface area contributed by atoms with Crippen molar-refractivity contribution in [1.82, 2.24) is 9.97 Å². The molecular weight excluding hydrogens is 410 g/mol. The molecule has 1 saturated heterocycles. The van der Waals surface area contributed by atoms with Crippen LogP contribution in [0, 0.1) is 5.92 Å². The number of anilines is 3. The van der Waals surface area contributed by atoms with E-state index in [0.29, 0.717) is 17.5 Å². The number of thioether (sulfide) groups is 1. The first-order valence-corrected chi connectivity index (χ1v) is 11.2. The third-order valence-electron chi connectivity index (χ3n) is 5.59. The number of hydrogen-bond donors (Lipinski definition) is 1. The Morgan fingerprint density at radius 1 is 1.10 bits per heavy atom. The molecule has 1 fully saturated rings. The van der Waals surface area contributed by atoms with Gasteiger partial charge in [-0.05, 0) is 42.8 Å². The van der Waals surface area contributed by atoms with E-state index >= 15 is 0 Å². The first-order chi connectivity index (χ1) is 15.2. The highest BCUT2D eigenvalue weighted by Crippen LogP contribution is 2.45. The average Bonchev–Trinajstić information content (AvgIpc) is 3.39. The molecule has 2 N–H and O–H groups in total. The zero-order chi connectivity index (χ0) is 21.2. The molecule has 2 atom stereocenters. The molecule has 0 saturated carbocycles. The maximum Gasteiger partial charge on any atom is 0.263 e. The van der Waals surface area contributed by atoms with Crippen molar-refractivity contribution in [2.75, 3.05) is 36.6 Å². The van der Waals surface area contributed by atoms with E-state index in [2.05, 4.69) is 31.9 Å². The van der Waals surface area contributed by atoms with Gasteiger partial charge < -0.3 is 25.0 Å². The number of fused-ring (bicyclic) bond motifs is 1. The molecule has 0 radical (unpaired) electrons. The van der Waals surface area contributed by atoms with Gasteiger partial charge in [-0.15, -0.1) is 0 Å². The zero-order valence-corrected chi connectivity index (χ0v) is 18.2. The number of methoxy groups -OCH3 is 1. The van der Waals surface area contributed by atoms with Crippen LogP contribution in [0.5, 0.6) is 11.6 Å². The van der Waals surface area contributed by atoms with Crippen molar-refractivity contribution in [3.8, 4) is 11.6 Å². The Morgan fingerprint density at radius 2 is 1.90 bits per heavy atom. The summed E-state index contributed by atoms with van der Waals surface area (Å²) in [5.41, 5.74) is 8.38. The first-order valence-electron chi connectivity index (χ1n) is 10.4. The lowest BCUT2D eigenvalue weighted by Gasteiger charge is -2.24. The van der Waals surface area contributed by atoms with Gasteiger partial charge in [0.05, 0.1) is 12.3 Å². The van der Waals surface area contributed by atoms with Crippen LogP contribution in [0.4, 0.5) is 17.2 Å². The molecule has 2 unspecified atom stereocenters. The summed E-state index contributed by atoms with van der Waals surface area (Å²) in [6, 6.07) is 16.2. The molecule has 3 aromatic rings. The number of para-hydroxylation sites is 1. The van der Waals surface area contributed by atoms with E-state index in [4.69, 9.17) is 15.2 Å². The molecule has 8 heteroatoms. The highest BCUT2D eigenvalue weighted by molar-refractivity contribution is 8.00. The van der Waals surface area contributed by atoms with Crippen LogP contribution in [0.3, 0.4) is 0 Å². The Kier molecular flexibility index (Phi) is 5.67. The van der Waals surface area contributed by atoms with Crippen molar-refractivity contribution in [2.24, 2.45) is 11.7 Å². The fraction of sp³-hybridized carbons (Fsp3) is 0.304. The number of hydrogen-bond acceptors (Lipinski definition) is 8. The second-order valence-corrected chi connectivity index (χ2v) is 8.84. The van der Waals surface area contributed by atoms with Gasteiger partial charge in [-0.3, -0.25) is 0 Å². The van der Waals surface area contributed by atoms with Crippen molar-refractivity contribution in [3.05, 3.63) is 60.9 Å². The minimum atomic E-state index is -0.147. The summed E-state index contributed by atoms with van der Waals surface area (Å²) in [7, 11) is 1.75. The second kappa shape index (κ2) is 8.74. The summed E-state index contributed by atoms with van der Waals surface area (Å²) in [5.74, 6) is 2.51. The molecule has 31 heavy (non-hydrogen) atoms. The average molecular weight is 436 g/mol. The van der Waals surface area contributed by atoms with Crippen LogP contribution in [-0.4, -0.2) is 42.3 Å². The summed E-state index contributed by atoms with van der Waals surface area (Å²) in [6.45, 7) is 2.58. The number of nitrogens with two attached hydrogens (primary N) is 1. The summed E-state index contributed by atoms with van der Waals surface area (Å²) < 4.78 is 11.4. The minimum Gasteiger partial charge on any atom is -0.436 e.